The molecule has 9 heteroatoms. The van der Waals surface area contributed by atoms with E-state index in [0.29, 0.717) is 5.69 Å². The Labute approximate surface area is 154 Å². The summed E-state index contributed by atoms with van der Waals surface area (Å²) in [6, 6.07) is 11.6. The molecule has 0 fully saturated rings. The molecule has 27 heavy (non-hydrogen) atoms. The van der Waals surface area contributed by atoms with Gasteiger partial charge in [0.05, 0.1) is 23.2 Å². The second kappa shape index (κ2) is 8.56. The van der Waals surface area contributed by atoms with E-state index in [0.717, 1.165) is 25.3 Å². The molecule has 0 aromatic heterocycles. The summed E-state index contributed by atoms with van der Waals surface area (Å²) < 4.78 is 9.56. The molecule has 2 rings (SSSR count). The molecular formula is C18H16N2O7. The Bertz CT molecular complexity index is 881. The standard InChI is InChI=1S/C18H16N2O7/c1-11(16(21)19-14-6-4-3-5-7-14)27-18(23)13-8-12(17(22)26-2)9-15(10-13)20(24)25/h3-11H,1-2H3,(H,19,21)/t11-/m0/s1. The van der Waals surface area contributed by atoms with Crippen LogP contribution >= 0.6 is 0 Å². The van der Waals surface area contributed by atoms with E-state index >= 15 is 0 Å². The summed E-state index contributed by atoms with van der Waals surface area (Å²) in [5.41, 5.74) is -0.385. The molecule has 0 saturated heterocycles. The number of non-ortho nitro benzene ring substituents is 1. The van der Waals surface area contributed by atoms with E-state index in [1.807, 2.05) is 0 Å². The van der Waals surface area contributed by atoms with Crippen LogP contribution in [0.5, 0.6) is 0 Å². The van der Waals surface area contributed by atoms with Crippen molar-refractivity contribution in [3.05, 3.63) is 69.8 Å². The minimum Gasteiger partial charge on any atom is -0.465 e. The molecule has 9 nitrogen and oxygen atoms in total. The van der Waals surface area contributed by atoms with Crippen molar-refractivity contribution in [2.24, 2.45) is 0 Å². The molecule has 0 aliphatic carbocycles. The van der Waals surface area contributed by atoms with E-state index in [1.165, 1.54) is 6.92 Å². The fraction of sp³-hybridized carbons (Fsp3) is 0.167. The lowest BCUT2D eigenvalue weighted by atomic mass is 10.1. The van der Waals surface area contributed by atoms with Crippen molar-refractivity contribution in [2.75, 3.05) is 12.4 Å². The average Bonchev–Trinajstić information content (AvgIpc) is 2.67. The van der Waals surface area contributed by atoms with Crippen LogP contribution in [0.15, 0.2) is 48.5 Å². The van der Waals surface area contributed by atoms with Gasteiger partial charge >= 0.3 is 11.9 Å². The highest BCUT2D eigenvalue weighted by Crippen LogP contribution is 2.19. The van der Waals surface area contributed by atoms with Crippen LogP contribution in [0.1, 0.15) is 27.6 Å². The molecule has 0 heterocycles. The summed E-state index contributed by atoms with van der Waals surface area (Å²) in [5, 5.41) is 13.6. The molecular weight excluding hydrogens is 356 g/mol. The quantitative estimate of drug-likeness (QED) is 0.469. The number of rotatable bonds is 6. The lowest BCUT2D eigenvalue weighted by molar-refractivity contribution is -0.384. The number of para-hydroxylation sites is 1. The average molecular weight is 372 g/mol. The van der Waals surface area contributed by atoms with Crippen LogP contribution in [-0.2, 0) is 14.3 Å². The molecule has 0 bridgehead atoms. The maximum absolute atomic E-state index is 12.3. The molecule has 140 valence electrons. The maximum atomic E-state index is 12.3. The maximum Gasteiger partial charge on any atom is 0.339 e. The zero-order valence-electron chi connectivity index (χ0n) is 14.5. The number of hydrogen-bond donors (Lipinski definition) is 1. The van der Waals surface area contributed by atoms with Crippen molar-refractivity contribution in [1.82, 2.24) is 0 Å². The lowest BCUT2D eigenvalue weighted by Crippen LogP contribution is -2.30. The van der Waals surface area contributed by atoms with Gasteiger partial charge in [-0.3, -0.25) is 14.9 Å². The predicted molar refractivity (Wildman–Crippen MR) is 94.4 cm³/mol. The molecule has 0 aliphatic rings. The second-order valence-electron chi connectivity index (χ2n) is 5.42. The Hall–Kier alpha value is -3.75. The number of benzene rings is 2. The van der Waals surface area contributed by atoms with Gasteiger partial charge in [0.25, 0.3) is 11.6 Å². The van der Waals surface area contributed by atoms with Gasteiger partial charge in [0.1, 0.15) is 0 Å². The third kappa shape index (κ3) is 5.11. The van der Waals surface area contributed by atoms with Crippen LogP contribution in [0.3, 0.4) is 0 Å². The van der Waals surface area contributed by atoms with Crippen LogP contribution in [0.2, 0.25) is 0 Å². The number of anilines is 1. The molecule has 0 radical (unpaired) electrons. The lowest BCUT2D eigenvalue weighted by Gasteiger charge is -2.14. The van der Waals surface area contributed by atoms with Crippen LogP contribution < -0.4 is 5.32 Å². The molecule has 1 amide bonds. The first kappa shape index (κ1) is 19.6. The Morgan fingerprint density at radius 1 is 1.04 bits per heavy atom. The van der Waals surface area contributed by atoms with Crippen LogP contribution in [0.25, 0.3) is 0 Å². The largest absolute Gasteiger partial charge is 0.465 e. The Kier molecular flexibility index (Phi) is 6.21. The summed E-state index contributed by atoms with van der Waals surface area (Å²) >= 11 is 0. The third-order valence-corrected chi connectivity index (χ3v) is 3.48. The molecule has 1 atom stereocenters. The highest BCUT2D eigenvalue weighted by molar-refractivity contribution is 5.99. The Morgan fingerprint density at radius 3 is 2.19 bits per heavy atom. The molecule has 0 unspecified atom stereocenters. The van der Waals surface area contributed by atoms with E-state index in [-0.39, 0.29) is 11.1 Å². The fourth-order valence-corrected chi connectivity index (χ4v) is 2.12. The molecule has 2 aromatic rings. The van der Waals surface area contributed by atoms with Crippen molar-refractivity contribution < 1.29 is 28.8 Å². The van der Waals surface area contributed by atoms with E-state index in [4.69, 9.17) is 4.74 Å². The summed E-state index contributed by atoms with van der Waals surface area (Å²) in [7, 11) is 1.11. The first-order valence-electron chi connectivity index (χ1n) is 7.76. The van der Waals surface area contributed by atoms with Gasteiger partial charge in [-0.2, -0.15) is 0 Å². The number of methoxy groups -OCH3 is 1. The Morgan fingerprint density at radius 2 is 1.63 bits per heavy atom. The van der Waals surface area contributed by atoms with Crippen LogP contribution in [0, 0.1) is 10.1 Å². The van der Waals surface area contributed by atoms with E-state index in [2.05, 4.69) is 10.1 Å². The predicted octanol–water partition coefficient (Wildman–Crippen LogP) is 2.57. The third-order valence-electron chi connectivity index (χ3n) is 3.48. The van der Waals surface area contributed by atoms with Crippen LogP contribution in [0.4, 0.5) is 11.4 Å². The van der Waals surface area contributed by atoms with Crippen molar-refractivity contribution in [2.45, 2.75) is 13.0 Å². The smallest absolute Gasteiger partial charge is 0.339 e. The number of nitrogens with zero attached hydrogens (tertiary/aromatic N) is 1. The van der Waals surface area contributed by atoms with Gasteiger partial charge in [-0.1, -0.05) is 18.2 Å². The topological polar surface area (TPSA) is 125 Å². The number of hydrogen-bond acceptors (Lipinski definition) is 7. The summed E-state index contributed by atoms with van der Waals surface area (Å²) in [4.78, 5) is 46.3. The first-order chi connectivity index (χ1) is 12.8. The molecule has 0 aliphatic heterocycles. The molecule has 0 spiro atoms. The summed E-state index contributed by atoms with van der Waals surface area (Å²) in [5.74, 6) is -2.41. The normalized spacial score (nSPS) is 11.2. The van der Waals surface area contributed by atoms with E-state index in [9.17, 15) is 24.5 Å². The number of nitrogens with one attached hydrogen (secondary N) is 1. The SMILES string of the molecule is COC(=O)c1cc(C(=O)O[C@@H](C)C(=O)Nc2ccccc2)cc([N+](=O)[O-])c1. The van der Waals surface area contributed by atoms with Gasteiger partial charge in [-0.05, 0) is 25.1 Å². The van der Waals surface area contributed by atoms with E-state index in [1.54, 1.807) is 30.3 Å². The van der Waals surface area contributed by atoms with Crippen molar-refractivity contribution in [1.29, 1.82) is 0 Å². The molecule has 1 N–H and O–H groups in total. The molecule has 2 aromatic carbocycles. The minimum absolute atomic E-state index is 0.181. The highest BCUT2D eigenvalue weighted by atomic mass is 16.6. The summed E-state index contributed by atoms with van der Waals surface area (Å²) in [6.45, 7) is 1.36. The number of amides is 1. The van der Waals surface area contributed by atoms with Crippen molar-refractivity contribution in [3.63, 3.8) is 0 Å². The number of carbonyl (C=O) groups excluding carboxylic acids is 3. The van der Waals surface area contributed by atoms with Gasteiger partial charge in [-0.15, -0.1) is 0 Å². The highest BCUT2D eigenvalue weighted by Gasteiger charge is 2.23. The van der Waals surface area contributed by atoms with Gasteiger partial charge in [-0.25, -0.2) is 9.59 Å². The van der Waals surface area contributed by atoms with Gasteiger partial charge in [0.15, 0.2) is 6.10 Å². The van der Waals surface area contributed by atoms with E-state index < -0.39 is 34.6 Å². The fourth-order valence-electron chi connectivity index (χ4n) is 2.12. The van der Waals surface area contributed by atoms with Crippen LogP contribution in [-0.4, -0.2) is 36.0 Å². The summed E-state index contributed by atoms with van der Waals surface area (Å²) in [6.07, 6.45) is -1.17. The zero-order chi connectivity index (χ0) is 20.0. The second-order valence-corrected chi connectivity index (χ2v) is 5.42. The number of esters is 2. The number of carbonyl (C=O) groups is 3. The number of nitro benzene ring substituents is 1. The minimum atomic E-state index is -1.17. The zero-order valence-corrected chi connectivity index (χ0v) is 14.5. The van der Waals surface area contributed by atoms with Crippen molar-refractivity contribution >= 4 is 29.2 Å². The first-order valence-corrected chi connectivity index (χ1v) is 7.76. The van der Waals surface area contributed by atoms with Crippen molar-refractivity contribution in [3.8, 4) is 0 Å². The van der Waals surface area contributed by atoms with Gasteiger partial charge in [0.2, 0.25) is 0 Å². The van der Waals surface area contributed by atoms with Gasteiger partial charge < -0.3 is 14.8 Å². The number of ether oxygens (including phenoxy) is 2. The number of nitro groups is 1. The monoisotopic (exact) mass is 372 g/mol. The Balaban J connectivity index is 2.16. The molecule has 0 saturated carbocycles. The van der Waals surface area contributed by atoms with Gasteiger partial charge in [0, 0.05) is 17.8 Å².